The highest BCUT2D eigenvalue weighted by molar-refractivity contribution is 9.10. The molecule has 0 unspecified atom stereocenters. The SMILES string of the molecule is Cc1ccc(-c2csc3ncn4c(SCC(=O)Nc5ccc(Br)cc5)nnc4c23)cc1. The number of thiophene rings is 1. The first kappa shape index (κ1) is 20.2. The Labute approximate surface area is 194 Å². The summed E-state index contributed by atoms with van der Waals surface area (Å²) < 4.78 is 2.82. The van der Waals surface area contributed by atoms with Gasteiger partial charge in [0, 0.05) is 21.1 Å². The molecule has 2 aromatic carbocycles. The third-order valence-corrected chi connectivity index (χ3v) is 7.13. The highest BCUT2D eigenvalue weighted by atomic mass is 79.9. The molecule has 5 rings (SSSR count). The lowest BCUT2D eigenvalue weighted by Crippen LogP contribution is -2.14. The van der Waals surface area contributed by atoms with Gasteiger partial charge in [0.05, 0.1) is 11.1 Å². The van der Waals surface area contributed by atoms with Gasteiger partial charge in [-0.05, 0) is 36.8 Å². The molecule has 0 aliphatic heterocycles. The van der Waals surface area contributed by atoms with E-state index in [0.29, 0.717) is 5.16 Å². The van der Waals surface area contributed by atoms with Crippen molar-refractivity contribution in [2.24, 2.45) is 0 Å². The number of thioether (sulfide) groups is 1. The molecular weight excluding hydrogens is 494 g/mol. The summed E-state index contributed by atoms with van der Waals surface area (Å²) in [5.41, 5.74) is 4.93. The van der Waals surface area contributed by atoms with Crippen LogP contribution in [0.5, 0.6) is 0 Å². The van der Waals surface area contributed by atoms with Crippen molar-refractivity contribution < 1.29 is 4.79 Å². The number of amides is 1. The average molecular weight is 510 g/mol. The zero-order chi connectivity index (χ0) is 21.4. The van der Waals surface area contributed by atoms with Crippen LogP contribution in [0.25, 0.3) is 27.0 Å². The molecular formula is C22H16BrN5OS2. The van der Waals surface area contributed by atoms with E-state index in [2.05, 4.69) is 73.0 Å². The summed E-state index contributed by atoms with van der Waals surface area (Å²) in [7, 11) is 0. The van der Waals surface area contributed by atoms with Gasteiger partial charge in [-0.2, -0.15) is 0 Å². The number of aromatic nitrogens is 4. The Hall–Kier alpha value is -2.75. The monoisotopic (exact) mass is 509 g/mol. The fraction of sp³-hybridized carbons (Fsp3) is 0.0909. The lowest BCUT2D eigenvalue weighted by Gasteiger charge is -2.05. The minimum absolute atomic E-state index is 0.103. The molecule has 3 heterocycles. The predicted octanol–water partition coefficient (Wildman–Crippen LogP) is 5.81. The first-order chi connectivity index (χ1) is 15.1. The average Bonchev–Trinajstić information content (AvgIpc) is 3.38. The maximum absolute atomic E-state index is 12.4. The van der Waals surface area contributed by atoms with Gasteiger partial charge in [-0.15, -0.1) is 21.5 Å². The minimum atomic E-state index is -0.103. The number of fused-ring (bicyclic) bond motifs is 3. The van der Waals surface area contributed by atoms with Crippen molar-refractivity contribution in [3.05, 3.63) is 70.3 Å². The first-order valence-electron chi connectivity index (χ1n) is 9.45. The van der Waals surface area contributed by atoms with E-state index < -0.39 is 0 Å². The van der Waals surface area contributed by atoms with Gasteiger partial charge in [0.1, 0.15) is 11.2 Å². The molecule has 5 aromatic rings. The zero-order valence-electron chi connectivity index (χ0n) is 16.4. The molecule has 0 saturated heterocycles. The zero-order valence-corrected chi connectivity index (χ0v) is 19.6. The number of benzene rings is 2. The van der Waals surface area contributed by atoms with Crippen LogP contribution in [0.4, 0.5) is 5.69 Å². The molecule has 1 amide bonds. The number of hydrogen-bond acceptors (Lipinski definition) is 6. The predicted molar refractivity (Wildman–Crippen MR) is 130 cm³/mol. The fourth-order valence-corrected chi connectivity index (χ4v) is 5.10. The van der Waals surface area contributed by atoms with Crippen LogP contribution >= 0.6 is 39.0 Å². The molecule has 0 bridgehead atoms. The van der Waals surface area contributed by atoms with Crippen LogP contribution in [-0.2, 0) is 4.79 Å². The molecule has 9 heteroatoms. The molecule has 0 aliphatic carbocycles. The van der Waals surface area contributed by atoms with Crippen LogP contribution in [0.1, 0.15) is 5.56 Å². The molecule has 0 aliphatic rings. The molecule has 0 atom stereocenters. The number of anilines is 1. The molecule has 0 radical (unpaired) electrons. The smallest absolute Gasteiger partial charge is 0.234 e. The molecule has 0 saturated carbocycles. The summed E-state index contributed by atoms with van der Waals surface area (Å²) in [6.45, 7) is 2.07. The van der Waals surface area contributed by atoms with E-state index in [1.165, 1.54) is 17.3 Å². The second-order valence-electron chi connectivity index (χ2n) is 6.96. The summed E-state index contributed by atoms with van der Waals surface area (Å²) in [5.74, 6) is 0.123. The van der Waals surface area contributed by atoms with Gasteiger partial charge < -0.3 is 5.32 Å². The lowest BCUT2D eigenvalue weighted by molar-refractivity contribution is -0.113. The summed E-state index contributed by atoms with van der Waals surface area (Å²) >= 11 is 6.31. The first-order valence-corrected chi connectivity index (χ1v) is 12.1. The van der Waals surface area contributed by atoms with E-state index >= 15 is 0 Å². The van der Waals surface area contributed by atoms with Crippen LogP contribution in [0.15, 0.2) is 69.9 Å². The van der Waals surface area contributed by atoms with E-state index in [1.807, 2.05) is 28.7 Å². The normalized spacial score (nSPS) is 11.3. The molecule has 6 nitrogen and oxygen atoms in total. The van der Waals surface area contributed by atoms with Gasteiger partial charge in [0.2, 0.25) is 5.91 Å². The largest absolute Gasteiger partial charge is 0.325 e. The Balaban J connectivity index is 1.41. The van der Waals surface area contributed by atoms with Gasteiger partial charge in [-0.1, -0.05) is 57.5 Å². The molecule has 3 aromatic heterocycles. The topological polar surface area (TPSA) is 72.2 Å². The van der Waals surface area contributed by atoms with Crippen molar-refractivity contribution in [1.29, 1.82) is 0 Å². The van der Waals surface area contributed by atoms with Crippen molar-refractivity contribution in [3.8, 4) is 11.1 Å². The molecule has 1 N–H and O–H groups in total. The van der Waals surface area contributed by atoms with Crippen LogP contribution in [0.2, 0.25) is 0 Å². The van der Waals surface area contributed by atoms with Crippen LogP contribution in [0.3, 0.4) is 0 Å². The Bertz CT molecular complexity index is 1390. The van der Waals surface area contributed by atoms with Crippen molar-refractivity contribution in [2.45, 2.75) is 12.1 Å². The molecule has 154 valence electrons. The van der Waals surface area contributed by atoms with Crippen molar-refractivity contribution in [1.82, 2.24) is 19.6 Å². The number of nitrogens with one attached hydrogen (secondary N) is 1. The van der Waals surface area contributed by atoms with Gasteiger partial charge in [-0.25, -0.2) is 4.98 Å². The van der Waals surface area contributed by atoms with Crippen LogP contribution in [-0.4, -0.2) is 31.2 Å². The number of halogens is 1. The van der Waals surface area contributed by atoms with E-state index in [0.717, 1.165) is 37.2 Å². The number of carbonyl (C=O) groups is 1. The van der Waals surface area contributed by atoms with Crippen molar-refractivity contribution in [3.63, 3.8) is 0 Å². The maximum Gasteiger partial charge on any atom is 0.234 e. The highest BCUT2D eigenvalue weighted by Crippen LogP contribution is 2.35. The van der Waals surface area contributed by atoms with Gasteiger partial charge in [0.25, 0.3) is 0 Å². The second kappa shape index (κ2) is 8.41. The standard InChI is InChI=1S/C22H16BrN5OS2/c1-13-2-4-14(5-3-13)17-10-30-21-19(17)20-26-27-22(28(20)12-24-21)31-11-18(29)25-16-8-6-15(23)7-9-16/h2-10,12H,11H2,1H3,(H,25,29). The fourth-order valence-electron chi connectivity index (χ4n) is 3.22. The highest BCUT2D eigenvalue weighted by Gasteiger charge is 2.17. The third-order valence-electron chi connectivity index (χ3n) is 4.77. The van der Waals surface area contributed by atoms with Crippen LogP contribution < -0.4 is 5.32 Å². The maximum atomic E-state index is 12.4. The summed E-state index contributed by atoms with van der Waals surface area (Å²) in [5, 5.41) is 15.3. The number of aryl methyl sites for hydroxylation is 1. The van der Waals surface area contributed by atoms with Gasteiger partial charge in [-0.3, -0.25) is 9.20 Å². The van der Waals surface area contributed by atoms with Gasteiger partial charge >= 0.3 is 0 Å². The quantitative estimate of drug-likeness (QED) is 0.302. The number of rotatable bonds is 5. The number of nitrogens with zero attached hydrogens (tertiary/aromatic N) is 4. The minimum Gasteiger partial charge on any atom is -0.325 e. The van der Waals surface area contributed by atoms with E-state index in [-0.39, 0.29) is 11.7 Å². The summed E-state index contributed by atoms with van der Waals surface area (Å²) in [6.07, 6.45) is 1.72. The lowest BCUT2D eigenvalue weighted by atomic mass is 10.0. The van der Waals surface area contributed by atoms with Crippen molar-refractivity contribution in [2.75, 3.05) is 11.1 Å². The Kier molecular flexibility index (Phi) is 5.47. The second-order valence-corrected chi connectivity index (χ2v) is 9.68. The summed E-state index contributed by atoms with van der Waals surface area (Å²) in [4.78, 5) is 17.9. The van der Waals surface area contributed by atoms with Gasteiger partial charge in [0.15, 0.2) is 10.8 Å². The molecule has 0 fully saturated rings. The third kappa shape index (κ3) is 4.08. The Morgan fingerprint density at radius 2 is 1.90 bits per heavy atom. The van der Waals surface area contributed by atoms with Crippen molar-refractivity contribution >= 4 is 66.5 Å². The van der Waals surface area contributed by atoms with E-state index in [4.69, 9.17) is 0 Å². The summed E-state index contributed by atoms with van der Waals surface area (Å²) in [6, 6.07) is 15.9. The number of hydrogen-bond donors (Lipinski definition) is 1. The van der Waals surface area contributed by atoms with Crippen LogP contribution in [0, 0.1) is 6.92 Å². The number of carbonyl (C=O) groups excluding carboxylic acids is 1. The van der Waals surface area contributed by atoms with E-state index in [1.54, 1.807) is 17.7 Å². The Morgan fingerprint density at radius 3 is 2.68 bits per heavy atom. The Morgan fingerprint density at radius 1 is 1.13 bits per heavy atom. The molecule has 31 heavy (non-hydrogen) atoms. The molecule has 0 spiro atoms. The van der Waals surface area contributed by atoms with E-state index in [9.17, 15) is 4.79 Å².